The van der Waals surface area contributed by atoms with Gasteiger partial charge < -0.3 is 4.90 Å². The van der Waals surface area contributed by atoms with E-state index in [0.717, 1.165) is 26.2 Å². The van der Waals surface area contributed by atoms with Crippen molar-refractivity contribution in [2.45, 2.75) is 19.9 Å². The summed E-state index contributed by atoms with van der Waals surface area (Å²) in [4.78, 5) is 2.37. The molecule has 17 heavy (non-hydrogen) atoms. The van der Waals surface area contributed by atoms with Crippen LogP contribution in [0.15, 0.2) is 24.3 Å². The van der Waals surface area contributed by atoms with Crippen molar-refractivity contribution >= 4 is 0 Å². The maximum Gasteiger partial charge on any atom is 0.0436 e. The minimum absolute atomic E-state index is 0.388. The predicted molar refractivity (Wildman–Crippen MR) is 71.8 cm³/mol. The van der Waals surface area contributed by atoms with Crippen molar-refractivity contribution in [1.29, 1.82) is 0 Å². The van der Waals surface area contributed by atoms with Crippen LogP contribution in [0.4, 0.5) is 0 Å². The van der Waals surface area contributed by atoms with Crippen LogP contribution in [0.25, 0.3) is 0 Å². The molecule has 1 unspecified atom stereocenters. The fourth-order valence-electron chi connectivity index (χ4n) is 2.14. The third kappa shape index (κ3) is 3.53. The van der Waals surface area contributed by atoms with Crippen LogP contribution in [0.1, 0.15) is 24.1 Å². The minimum Gasteiger partial charge on any atom is -0.304 e. The zero-order valence-electron chi connectivity index (χ0n) is 11.1. The predicted octanol–water partition coefficient (Wildman–Crippen LogP) is 1.81. The van der Waals surface area contributed by atoms with Crippen LogP contribution in [0, 0.1) is 6.92 Å². The summed E-state index contributed by atoms with van der Waals surface area (Å²) in [5.41, 5.74) is 6.26. The Morgan fingerprint density at radius 2 is 1.65 bits per heavy atom. The van der Waals surface area contributed by atoms with E-state index in [-0.39, 0.29) is 0 Å². The second kappa shape index (κ2) is 5.63. The van der Waals surface area contributed by atoms with E-state index in [1.165, 1.54) is 11.1 Å². The normalized spacial score (nSPS) is 20.4. The third-order valence-corrected chi connectivity index (χ3v) is 3.46. The quantitative estimate of drug-likeness (QED) is 0.859. The molecule has 0 saturated carbocycles. The molecule has 1 saturated heterocycles. The van der Waals surface area contributed by atoms with Crippen LogP contribution in [0.2, 0.25) is 0 Å². The molecule has 1 aliphatic heterocycles. The van der Waals surface area contributed by atoms with E-state index in [4.69, 9.17) is 0 Å². The molecular formula is C14H23N3. The topological polar surface area (TPSA) is 18.5 Å². The molecular weight excluding hydrogens is 210 g/mol. The van der Waals surface area contributed by atoms with Crippen LogP contribution < -0.4 is 5.43 Å². The zero-order chi connectivity index (χ0) is 12.3. The first kappa shape index (κ1) is 12.6. The maximum atomic E-state index is 3.58. The minimum atomic E-state index is 0.388. The summed E-state index contributed by atoms with van der Waals surface area (Å²) in [6.45, 7) is 8.85. The van der Waals surface area contributed by atoms with E-state index in [0.29, 0.717) is 6.04 Å². The van der Waals surface area contributed by atoms with Crippen LogP contribution in [0.5, 0.6) is 0 Å². The number of piperazine rings is 1. The molecule has 3 heteroatoms. The molecule has 0 aromatic heterocycles. The number of nitrogens with one attached hydrogen (secondary N) is 1. The van der Waals surface area contributed by atoms with E-state index in [2.05, 4.69) is 60.5 Å². The molecule has 1 N–H and O–H groups in total. The molecule has 1 aliphatic rings. The summed E-state index contributed by atoms with van der Waals surface area (Å²) in [5.74, 6) is 0. The fraction of sp³-hybridized carbons (Fsp3) is 0.571. The molecule has 1 aromatic carbocycles. The van der Waals surface area contributed by atoms with Crippen LogP contribution in [0.3, 0.4) is 0 Å². The second-order valence-electron chi connectivity index (χ2n) is 5.05. The molecule has 1 atom stereocenters. The van der Waals surface area contributed by atoms with Crippen molar-refractivity contribution in [3.63, 3.8) is 0 Å². The van der Waals surface area contributed by atoms with Gasteiger partial charge in [0.2, 0.25) is 0 Å². The maximum absolute atomic E-state index is 3.58. The fourth-order valence-corrected chi connectivity index (χ4v) is 2.14. The lowest BCUT2D eigenvalue weighted by Crippen LogP contribution is -2.51. The van der Waals surface area contributed by atoms with Gasteiger partial charge in [0.15, 0.2) is 0 Å². The number of aryl methyl sites for hydroxylation is 1. The molecule has 1 aromatic rings. The van der Waals surface area contributed by atoms with Crippen molar-refractivity contribution in [1.82, 2.24) is 15.3 Å². The Labute approximate surface area is 104 Å². The average molecular weight is 233 g/mol. The van der Waals surface area contributed by atoms with Crippen LogP contribution in [-0.4, -0.2) is 43.1 Å². The molecule has 1 fully saturated rings. The number of hydrogen-bond donors (Lipinski definition) is 1. The first-order chi connectivity index (χ1) is 8.15. The molecule has 0 bridgehead atoms. The molecule has 0 aliphatic carbocycles. The van der Waals surface area contributed by atoms with Gasteiger partial charge in [-0.05, 0) is 26.5 Å². The Kier molecular flexibility index (Phi) is 4.15. The second-order valence-corrected chi connectivity index (χ2v) is 5.05. The van der Waals surface area contributed by atoms with Crippen molar-refractivity contribution in [3.8, 4) is 0 Å². The first-order valence-electron chi connectivity index (χ1n) is 6.41. The molecule has 1 heterocycles. The highest BCUT2D eigenvalue weighted by atomic mass is 15.5. The summed E-state index contributed by atoms with van der Waals surface area (Å²) in [6, 6.07) is 9.17. The first-order valence-corrected chi connectivity index (χ1v) is 6.41. The van der Waals surface area contributed by atoms with Gasteiger partial charge in [0.25, 0.3) is 0 Å². The van der Waals surface area contributed by atoms with Gasteiger partial charge in [-0.2, -0.15) is 0 Å². The number of likely N-dealkylation sites (N-methyl/N-ethyl adjacent to an activating group) is 1. The van der Waals surface area contributed by atoms with Gasteiger partial charge in [-0.3, -0.25) is 0 Å². The Bertz CT molecular complexity index is 339. The Hall–Kier alpha value is -0.900. The Balaban J connectivity index is 1.88. The van der Waals surface area contributed by atoms with Crippen molar-refractivity contribution in [3.05, 3.63) is 35.4 Å². The van der Waals surface area contributed by atoms with Gasteiger partial charge in [0.05, 0.1) is 0 Å². The summed E-state index contributed by atoms with van der Waals surface area (Å²) < 4.78 is 0. The van der Waals surface area contributed by atoms with E-state index in [1.807, 2.05) is 0 Å². The Morgan fingerprint density at radius 3 is 2.24 bits per heavy atom. The third-order valence-electron chi connectivity index (χ3n) is 3.46. The zero-order valence-corrected chi connectivity index (χ0v) is 11.1. The molecule has 94 valence electrons. The van der Waals surface area contributed by atoms with E-state index < -0.39 is 0 Å². The highest BCUT2D eigenvalue weighted by Crippen LogP contribution is 2.14. The van der Waals surface area contributed by atoms with E-state index in [1.54, 1.807) is 0 Å². The Morgan fingerprint density at radius 1 is 1.06 bits per heavy atom. The number of hydrazine groups is 1. The van der Waals surface area contributed by atoms with Gasteiger partial charge in [0.1, 0.15) is 0 Å². The summed E-state index contributed by atoms with van der Waals surface area (Å²) in [5, 5.41) is 2.34. The van der Waals surface area contributed by atoms with Crippen LogP contribution in [-0.2, 0) is 0 Å². The van der Waals surface area contributed by atoms with Crippen molar-refractivity contribution in [2.24, 2.45) is 0 Å². The largest absolute Gasteiger partial charge is 0.304 e. The standard InChI is InChI=1S/C14H23N3/c1-12-4-6-14(7-5-12)13(2)15-17-10-8-16(3)9-11-17/h4-7,13,15H,8-11H2,1-3H3. The smallest absolute Gasteiger partial charge is 0.0436 e. The average Bonchev–Trinajstić information content (AvgIpc) is 2.33. The van der Waals surface area contributed by atoms with Gasteiger partial charge in [-0.15, -0.1) is 0 Å². The highest BCUT2D eigenvalue weighted by molar-refractivity contribution is 5.23. The summed E-state index contributed by atoms with van der Waals surface area (Å²) >= 11 is 0. The van der Waals surface area contributed by atoms with E-state index >= 15 is 0 Å². The molecule has 3 nitrogen and oxygen atoms in total. The van der Waals surface area contributed by atoms with Gasteiger partial charge in [0, 0.05) is 32.2 Å². The molecule has 0 radical (unpaired) electrons. The van der Waals surface area contributed by atoms with Gasteiger partial charge in [-0.1, -0.05) is 29.8 Å². The SMILES string of the molecule is Cc1ccc(C(C)NN2CCN(C)CC2)cc1. The molecule has 0 spiro atoms. The summed E-state index contributed by atoms with van der Waals surface area (Å²) in [7, 11) is 2.18. The van der Waals surface area contributed by atoms with Crippen molar-refractivity contribution in [2.75, 3.05) is 33.2 Å². The lowest BCUT2D eigenvalue weighted by molar-refractivity contribution is 0.0899. The highest BCUT2D eigenvalue weighted by Gasteiger charge is 2.15. The molecule has 2 rings (SSSR count). The number of hydrogen-bond acceptors (Lipinski definition) is 3. The number of benzene rings is 1. The van der Waals surface area contributed by atoms with Crippen LogP contribution >= 0.6 is 0 Å². The van der Waals surface area contributed by atoms with E-state index in [9.17, 15) is 0 Å². The van der Waals surface area contributed by atoms with Crippen molar-refractivity contribution < 1.29 is 0 Å². The lowest BCUT2D eigenvalue weighted by atomic mass is 10.1. The summed E-state index contributed by atoms with van der Waals surface area (Å²) in [6.07, 6.45) is 0. The van der Waals surface area contributed by atoms with Gasteiger partial charge >= 0.3 is 0 Å². The number of nitrogens with zero attached hydrogens (tertiary/aromatic N) is 2. The monoisotopic (exact) mass is 233 g/mol. The van der Waals surface area contributed by atoms with Gasteiger partial charge in [-0.25, -0.2) is 10.4 Å². The number of rotatable bonds is 3. The lowest BCUT2D eigenvalue weighted by Gasteiger charge is -2.34. The molecule has 0 amide bonds.